The van der Waals surface area contributed by atoms with Crippen molar-refractivity contribution in [3.05, 3.63) is 24.4 Å². The summed E-state index contributed by atoms with van der Waals surface area (Å²) in [6, 6.07) is 5.51. The molecular formula is C10H12N4O2S. The summed E-state index contributed by atoms with van der Waals surface area (Å²) in [6.45, 7) is 2.28. The molecule has 1 aliphatic heterocycles. The lowest BCUT2D eigenvalue weighted by Crippen LogP contribution is -2.33. The molecule has 6 nitrogen and oxygen atoms in total. The van der Waals surface area contributed by atoms with Crippen LogP contribution in [0, 0.1) is 0 Å². The van der Waals surface area contributed by atoms with E-state index in [1.54, 1.807) is 18.1 Å². The second kappa shape index (κ2) is 5.05. The number of anilines is 1. The van der Waals surface area contributed by atoms with Crippen molar-refractivity contribution >= 4 is 28.7 Å². The van der Waals surface area contributed by atoms with Crippen LogP contribution < -0.4 is 4.90 Å². The fourth-order valence-electron chi connectivity index (χ4n) is 1.34. The molecule has 0 bridgehead atoms. The van der Waals surface area contributed by atoms with Crippen molar-refractivity contribution in [2.45, 2.75) is 6.92 Å². The van der Waals surface area contributed by atoms with E-state index in [4.69, 9.17) is 4.74 Å². The Hall–Kier alpha value is -1.76. The number of aromatic nitrogens is 1. The molecule has 90 valence electrons. The van der Waals surface area contributed by atoms with Gasteiger partial charge in [0.05, 0.1) is 6.61 Å². The van der Waals surface area contributed by atoms with Crippen molar-refractivity contribution in [3.8, 4) is 0 Å². The van der Waals surface area contributed by atoms with Crippen LogP contribution in [0.3, 0.4) is 0 Å². The number of likely N-dealkylation sites (N-methyl/N-ethyl adjacent to an activating group) is 1. The van der Waals surface area contributed by atoms with Gasteiger partial charge in [-0.25, -0.2) is 9.19 Å². The van der Waals surface area contributed by atoms with Gasteiger partial charge in [-0.1, -0.05) is 6.07 Å². The molecule has 1 aliphatic rings. The summed E-state index contributed by atoms with van der Waals surface area (Å²) in [7, 11) is 1.78. The number of hydrogen-bond acceptors (Lipinski definition) is 4. The molecule has 0 fully saturated rings. The molecule has 1 atom stereocenters. The van der Waals surface area contributed by atoms with Crippen LogP contribution in [0.4, 0.5) is 5.82 Å². The zero-order chi connectivity index (χ0) is 12.3. The van der Waals surface area contributed by atoms with Gasteiger partial charge in [-0.15, -0.1) is 8.80 Å². The van der Waals surface area contributed by atoms with Gasteiger partial charge < -0.3 is 9.64 Å². The van der Waals surface area contributed by atoms with Crippen LogP contribution in [-0.2, 0) is 15.9 Å². The van der Waals surface area contributed by atoms with Crippen molar-refractivity contribution in [2.24, 2.45) is 8.80 Å². The number of nitrogens with zero attached hydrogens (tertiary/aromatic N) is 4. The summed E-state index contributed by atoms with van der Waals surface area (Å²) < 4.78 is 24.3. The van der Waals surface area contributed by atoms with E-state index in [1.165, 1.54) is 0 Å². The predicted octanol–water partition coefficient (Wildman–Crippen LogP) is 0.944. The summed E-state index contributed by atoms with van der Waals surface area (Å²) in [5, 5.41) is 0. The molecule has 1 aromatic heterocycles. The second-order valence-electron chi connectivity index (χ2n) is 3.22. The van der Waals surface area contributed by atoms with Gasteiger partial charge in [0.15, 0.2) is 0 Å². The predicted molar refractivity (Wildman–Crippen MR) is 67.3 cm³/mol. The zero-order valence-electron chi connectivity index (χ0n) is 9.53. The van der Waals surface area contributed by atoms with E-state index >= 15 is 0 Å². The number of ether oxygens (including phenoxy) is 1. The maximum atomic E-state index is 11.3. The maximum Gasteiger partial charge on any atom is 0.271 e. The van der Waals surface area contributed by atoms with E-state index in [0.29, 0.717) is 24.2 Å². The van der Waals surface area contributed by atoms with Crippen molar-refractivity contribution in [3.63, 3.8) is 0 Å². The standard InChI is InChI=1S/C10H12N4O2S/c1-3-16-10-9(12-17(15)13-10)14(2)8-6-4-5-7-11-8/h4-7H,3H2,1-2H3. The highest BCUT2D eigenvalue weighted by Crippen LogP contribution is 2.13. The molecule has 0 N–H and O–H groups in total. The summed E-state index contributed by atoms with van der Waals surface area (Å²) in [5.41, 5.74) is 0. The molecule has 2 rings (SSSR count). The van der Waals surface area contributed by atoms with E-state index in [0.717, 1.165) is 0 Å². The lowest BCUT2D eigenvalue weighted by atomic mass is 10.4. The first-order valence-electron chi connectivity index (χ1n) is 5.09. The Morgan fingerprint density at radius 3 is 2.88 bits per heavy atom. The van der Waals surface area contributed by atoms with E-state index in [2.05, 4.69) is 13.8 Å². The lowest BCUT2D eigenvalue weighted by molar-refractivity contribution is 0.335. The topological polar surface area (TPSA) is 67.2 Å². The normalized spacial score (nSPS) is 18.6. The Bertz CT molecular complexity index is 486. The van der Waals surface area contributed by atoms with Crippen molar-refractivity contribution < 1.29 is 8.95 Å². The summed E-state index contributed by atoms with van der Waals surface area (Å²) in [5.74, 6) is 1.42. The van der Waals surface area contributed by atoms with Crippen molar-refractivity contribution in [1.82, 2.24) is 4.98 Å². The Balaban J connectivity index is 2.26. The zero-order valence-corrected chi connectivity index (χ0v) is 10.3. The van der Waals surface area contributed by atoms with Crippen LogP contribution in [0.25, 0.3) is 0 Å². The molecule has 17 heavy (non-hydrogen) atoms. The molecule has 0 saturated heterocycles. The van der Waals surface area contributed by atoms with Gasteiger partial charge in [0, 0.05) is 13.2 Å². The highest BCUT2D eigenvalue weighted by molar-refractivity contribution is 7.83. The Morgan fingerprint density at radius 2 is 2.24 bits per heavy atom. The minimum Gasteiger partial charge on any atom is -0.475 e. The molecule has 0 aromatic carbocycles. The van der Waals surface area contributed by atoms with Gasteiger partial charge in [0.25, 0.3) is 17.1 Å². The largest absolute Gasteiger partial charge is 0.475 e. The number of rotatable bonds is 2. The van der Waals surface area contributed by atoms with Gasteiger partial charge >= 0.3 is 0 Å². The monoisotopic (exact) mass is 252 g/mol. The van der Waals surface area contributed by atoms with Crippen LogP contribution in [-0.4, -0.2) is 34.6 Å². The lowest BCUT2D eigenvalue weighted by Gasteiger charge is -2.17. The third kappa shape index (κ3) is 2.50. The minimum atomic E-state index is -1.60. The average molecular weight is 252 g/mol. The second-order valence-corrected chi connectivity index (χ2v) is 4.05. The van der Waals surface area contributed by atoms with E-state index in [1.807, 2.05) is 25.1 Å². The molecule has 2 heterocycles. The first kappa shape index (κ1) is 11.7. The smallest absolute Gasteiger partial charge is 0.271 e. The molecule has 0 spiro atoms. The van der Waals surface area contributed by atoms with E-state index in [-0.39, 0.29) is 0 Å². The first-order valence-corrected chi connectivity index (χ1v) is 6.16. The Morgan fingerprint density at radius 1 is 1.41 bits per heavy atom. The van der Waals surface area contributed by atoms with Crippen molar-refractivity contribution in [1.29, 1.82) is 0 Å². The van der Waals surface area contributed by atoms with Crippen LogP contribution in [0.15, 0.2) is 33.2 Å². The van der Waals surface area contributed by atoms with Gasteiger partial charge in [-0.3, -0.25) is 0 Å². The molecule has 0 amide bonds. The van der Waals surface area contributed by atoms with Gasteiger partial charge in [-0.2, -0.15) is 0 Å². The van der Waals surface area contributed by atoms with Gasteiger partial charge in [0.1, 0.15) is 5.82 Å². The molecule has 0 saturated carbocycles. The van der Waals surface area contributed by atoms with Crippen LogP contribution in [0.5, 0.6) is 0 Å². The summed E-state index contributed by atoms with van der Waals surface area (Å²) in [4.78, 5) is 5.87. The summed E-state index contributed by atoms with van der Waals surface area (Å²) in [6.07, 6.45) is 1.68. The maximum absolute atomic E-state index is 11.3. The third-order valence-electron chi connectivity index (χ3n) is 2.11. The number of pyridine rings is 1. The third-order valence-corrected chi connectivity index (χ3v) is 2.76. The average Bonchev–Trinajstić information content (AvgIpc) is 2.71. The number of hydrogen-bond donors (Lipinski definition) is 0. The quantitative estimate of drug-likeness (QED) is 0.785. The Labute approximate surface area is 102 Å². The highest BCUT2D eigenvalue weighted by Gasteiger charge is 2.25. The van der Waals surface area contributed by atoms with Crippen molar-refractivity contribution in [2.75, 3.05) is 18.6 Å². The van der Waals surface area contributed by atoms with Gasteiger partial charge in [0.2, 0.25) is 5.84 Å². The molecule has 7 heteroatoms. The van der Waals surface area contributed by atoms with Crippen LogP contribution in [0.2, 0.25) is 0 Å². The highest BCUT2D eigenvalue weighted by atomic mass is 32.2. The Kier molecular flexibility index (Phi) is 3.48. The van der Waals surface area contributed by atoms with Crippen LogP contribution in [0.1, 0.15) is 6.92 Å². The van der Waals surface area contributed by atoms with E-state index < -0.39 is 11.2 Å². The molecule has 0 aliphatic carbocycles. The minimum absolute atomic E-state index is 0.291. The summed E-state index contributed by atoms with van der Waals surface area (Å²) >= 11 is -1.60. The fraction of sp³-hybridized carbons (Fsp3) is 0.300. The molecule has 1 aromatic rings. The molecule has 1 unspecified atom stereocenters. The fourth-order valence-corrected chi connectivity index (χ4v) is 2.00. The van der Waals surface area contributed by atoms with E-state index in [9.17, 15) is 4.21 Å². The van der Waals surface area contributed by atoms with Crippen LogP contribution >= 0.6 is 0 Å². The van der Waals surface area contributed by atoms with Gasteiger partial charge in [-0.05, 0) is 19.1 Å². The SMILES string of the molecule is CCOC1=NS(=O)N=C1N(C)c1ccccn1. The molecular weight excluding hydrogens is 240 g/mol. The first-order chi connectivity index (χ1) is 8.22. The number of amidine groups is 1. The molecule has 0 radical (unpaired) electrons.